The Bertz CT molecular complexity index is 924. The van der Waals surface area contributed by atoms with Gasteiger partial charge in [0.25, 0.3) is 0 Å². The smallest absolute Gasteiger partial charge is 0.167 e. The fourth-order valence-corrected chi connectivity index (χ4v) is 7.64. The number of likely N-dealkylation sites (N-methyl/N-ethyl adjacent to an activating group) is 1. The van der Waals surface area contributed by atoms with Crippen molar-refractivity contribution in [1.82, 2.24) is 14.7 Å². The van der Waals surface area contributed by atoms with E-state index in [1.165, 1.54) is 0 Å². The van der Waals surface area contributed by atoms with E-state index >= 15 is 0 Å². The molecule has 6 heterocycles. The Balaban J connectivity index is 1.54. The molecule has 2 N–H and O–H groups in total. The predicted octanol–water partition coefficient (Wildman–Crippen LogP) is 0.912. The molecular weight excluding hydrogens is 374 g/mol. The zero-order valence-corrected chi connectivity index (χ0v) is 16.9. The quantitative estimate of drug-likeness (QED) is 0.673. The lowest BCUT2D eigenvalue weighted by molar-refractivity contribution is -0.165. The number of hydrogen-bond donors (Lipinski definition) is 2. The number of rotatable bonds is 1. The molecule has 8 atom stereocenters. The van der Waals surface area contributed by atoms with Gasteiger partial charge in [-0.3, -0.25) is 14.7 Å². The van der Waals surface area contributed by atoms with E-state index in [0.717, 1.165) is 24.1 Å². The van der Waals surface area contributed by atoms with E-state index in [0.29, 0.717) is 42.5 Å². The van der Waals surface area contributed by atoms with Crippen LogP contribution in [0.4, 0.5) is 0 Å². The second kappa shape index (κ2) is 5.36. The monoisotopic (exact) mass is 401 g/mol. The Kier molecular flexibility index (Phi) is 3.17. The Morgan fingerprint density at radius 3 is 2.69 bits per heavy atom. The van der Waals surface area contributed by atoms with Crippen molar-refractivity contribution in [3.63, 3.8) is 0 Å². The molecule has 2 bridgehead atoms. The molecule has 0 spiro atoms. The first-order chi connectivity index (χ1) is 14.0. The van der Waals surface area contributed by atoms with Crippen molar-refractivity contribution in [2.45, 2.75) is 56.0 Å². The highest BCUT2D eigenvalue weighted by Gasteiger charge is 2.69. The van der Waals surface area contributed by atoms with Crippen molar-refractivity contribution >= 4 is 0 Å². The van der Waals surface area contributed by atoms with Crippen molar-refractivity contribution in [2.24, 2.45) is 5.92 Å². The van der Waals surface area contributed by atoms with Crippen LogP contribution in [0, 0.1) is 12.8 Å². The molecule has 29 heavy (non-hydrogen) atoms. The zero-order valence-electron chi connectivity index (χ0n) is 16.9. The van der Waals surface area contributed by atoms with Crippen LogP contribution in [0.1, 0.15) is 35.2 Å². The SMILES string of the molecule is COc1c(C)c(O)c2c(c1O)C1CO[C@@H]3C4CC5[C@H]([C@H]([C@@H]2N2CCO[C@H]52)N13)N4C. The summed E-state index contributed by atoms with van der Waals surface area (Å²) in [5.41, 5.74) is 2.23. The molecule has 8 nitrogen and oxygen atoms in total. The van der Waals surface area contributed by atoms with Gasteiger partial charge in [0.1, 0.15) is 18.2 Å². The number of piperidine rings is 1. The molecule has 0 aromatic heterocycles. The van der Waals surface area contributed by atoms with Crippen molar-refractivity contribution in [1.29, 1.82) is 0 Å². The van der Waals surface area contributed by atoms with Gasteiger partial charge in [-0.2, -0.15) is 0 Å². The minimum absolute atomic E-state index is 0.0146. The second-order valence-corrected chi connectivity index (χ2v) is 9.43. The van der Waals surface area contributed by atoms with E-state index in [9.17, 15) is 10.2 Å². The topological polar surface area (TPSA) is 77.9 Å². The van der Waals surface area contributed by atoms with Gasteiger partial charge in [0.05, 0.1) is 38.4 Å². The first-order valence-corrected chi connectivity index (χ1v) is 10.6. The lowest BCUT2D eigenvalue weighted by atomic mass is 9.73. The van der Waals surface area contributed by atoms with Gasteiger partial charge in [0.2, 0.25) is 0 Å². The molecule has 5 saturated heterocycles. The second-order valence-electron chi connectivity index (χ2n) is 9.43. The molecule has 5 fully saturated rings. The van der Waals surface area contributed by atoms with E-state index in [1.54, 1.807) is 7.11 Å². The molecule has 1 aromatic carbocycles. The van der Waals surface area contributed by atoms with E-state index in [2.05, 4.69) is 21.7 Å². The summed E-state index contributed by atoms with van der Waals surface area (Å²) in [5, 5.41) is 22.6. The molecular formula is C21H27N3O5. The Morgan fingerprint density at radius 2 is 1.90 bits per heavy atom. The number of methoxy groups -OCH3 is 1. The summed E-state index contributed by atoms with van der Waals surface area (Å²) in [5.74, 6) is 1.20. The van der Waals surface area contributed by atoms with Crippen LogP contribution in [0.25, 0.3) is 0 Å². The van der Waals surface area contributed by atoms with Crippen molar-refractivity contribution in [3.05, 3.63) is 16.7 Å². The standard InChI is InChI=1S/C21H27N3O5/c1-8-17(25)13-12(18(26)19(8)27-3)11-7-29-21-10-6-9-14(22(10)2)16(24(11)21)15(13)23-4-5-28-20(9)23/h9-11,14-16,20-21,25-26H,4-7H2,1-3H3/t9?,10?,11?,14-,15-,16-,20-,21-/m1/s1. The Morgan fingerprint density at radius 1 is 1.07 bits per heavy atom. The lowest BCUT2D eigenvalue weighted by Gasteiger charge is -2.59. The largest absolute Gasteiger partial charge is 0.507 e. The molecule has 0 aliphatic carbocycles. The van der Waals surface area contributed by atoms with E-state index in [-0.39, 0.29) is 42.1 Å². The number of ether oxygens (including phenoxy) is 3. The molecule has 156 valence electrons. The number of piperazine rings is 1. The number of hydrogen-bond acceptors (Lipinski definition) is 8. The first-order valence-electron chi connectivity index (χ1n) is 10.6. The van der Waals surface area contributed by atoms with E-state index in [4.69, 9.17) is 14.2 Å². The minimum atomic E-state index is -0.0610. The highest BCUT2D eigenvalue weighted by Crippen LogP contribution is 2.63. The molecule has 0 saturated carbocycles. The van der Waals surface area contributed by atoms with Gasteiger partial charge in [-0.15, -0.1) is 0 Å². The van der Waals surface area contributed by atoms with Crippen LogP contribution in [0.5, 0.6) is 17.2 Å². The summed E-state index contributed by atoms with van der Waals surface area (Å²) in [6, 6.07) is 0.817. The molecule has 6 aliphatic rings. The average Bonchev–Trinajstić information content (AvgIpc) is 3.40. The van der Waals surface area contributed by atoms with Crippen LogP contribution < -0.4 is 4.74 Å². The lowest BCUT2D eigenvalue weighted by Crippen LogP contribution is -2.71. The fraction of sp³-hybridized carbons (Fsp3) is 0.714. The molecule has 6 aliphatic heterocycles. The number of fused-ring (bicyclic) bond motifs is 8. The molecule has 7 rings (SSSR count). The molecule has 0 radical (unpaired) electrons. The summed E-state index contributed by atoms with van der Waals surface area (Å²) < 4.78 is 18.1. The van der Waals surface area contributed by atoms with E-state index in [1.807, 2.05) is 6.92 Å². The fourth-order valence-electron chi connectivity index (χ4n) is 7.64. The highest BCUT2D eigenvalue weighted by molar-refractivity contribution is 5.65. The summed E-state index contributed by atoms with van der Waals surface area (Å²) in [4.78, 5) is 7.44. The average molecular weight is 401 g/mol. The summed E-state index contributed by atoms with van der Waals surface area (Å²) in [7, 11) is 3.76. The van der Waals surface area contributed by atoms with Gasteiger partial charge in [-0.1, -0.05) is 0 Å². The van der Waals surface area contributed by atoms with Crippen LogP contribution in [-0.4, -0.2) is 89.4 Å². The number of benzene rings is 1. The van der Waals surface area contributed by atoms with Gasteiger partial charge in [0, 0.05) is 41.2 Å². The van der Waals surface area contributed by atoms with Crippen LogP contribution in [0.2, 0.25) is 0 Å². The number of phenolic OH excluding ortho intramolecular Hbond substituents is 2. The van der Waals surface area contributed by atoms with Crippen LogP contribution in [0.15, 0.2) is 0 Å². The van der Waals surface area contributed by atoms with Gasteiger partial charge >= 0.3 is 0 Å². The maximum Gasteiger partial charge on any atom is 0.167 e. The minimum Gasteiger partial charge on any atom is -0.507 e. The summed E-state index contributed by atoms with van der Waals surface area (Å²) in [6.45, 7) is 3.91. The third kappa shape index (κ3) is 1.73. The van der Waals surface area contributed by atoms with Gasteiger partial charge in [-0.25, -0.2) is 0 Å². The summed E-state index contributed by atoms with van der Waals surface area (Å²) in [6.07, 6.45) is 1.14. The maximum atomic E-state index is 11.3. The maximum absolute atomic E-state index is 11.3. The Hall–Kier alpha value is -1.58. The highest BCUT2D eigenvalue weighted by atomic mass is 16.5. The van der Waals surface area contributed by atoms with Gasteiger partial charge < -0.3 is 24.4 Å². The Labute approximate surface area is 169 Å². The number of phenols is 2. The molecule has 1 aromatic rings. The van der Waals surface area contributed by atoms with Crippen molar-refractivity contribution in [3.8, 4) is 17.2 Å². The van der Waals surface area contributed by atoms with Crippen LogP contribution in [-0.2, 0) is 9.47 Å². The van der Waals surface area contributed by atoms with Crippen LogP contribution in [0.3, 0.4) is 0 Å². The third-order valence-corrected chi connectivity index (χ3v) is 8.60. The predicted molar refractivity (Wildman–Crippen MR) is 102 cm³/mol. The van der Waals surface area contributed by atoms with Crippen LogP contribution >= 0.6 is 0 Å². The normalized spacial score (nSPS) is 44.8. The molecule has 3 unspecified atom stereocenters. The number of aromatic hydroxyl groups is 2. The van der Waals surface area contributed by atoms with Crippen molar-refractivity contribution in [2.75, 3.05) is 33.9 Å². The molecule has 0 amide bonds. The van der Waals surface area contributed by atoms with E-state index < -0.39 is 0 Å². The summed E-state index contributed by atoms with van der Waals surface area (Å²) >= 11 is 0. The zero-order chi connectivity index (χ0) is 19.8. The number of nitrogens with zero attached hydrogens (tertiary/aromatic N) is 3. The van der Waals surface area contributed by atoms with Crippen molar-refractivity contribution < 1.29 is 24.4 Å². The first kappa shape index (κ1) is 17.1. The van der Waals surface area contributed by atoms with Gasteiger partial charge in [-0.05, 0) is 20.4 Å². The van der Waals surface area contributed by atoms with Gasteiger partial charge in [0.15, 0.2) is 11.5 Å². The third-order valence-electron chi connectivity index (χ3n) is 8.60. The molecule has 8 heteroatoms.